The van der Waals surface area contributed by atoms with E-state index in [9.17, 15) is 4.39 Å². The van der Waals surface area contributed by atoms with E-state index in [1.807, 2.05) is 12.1 Å². The van der Waals surface area contributed by atoms with E-state index in [1.165, 1.54) is 12.1 Å². The molecule has 1 aliphatic rings. The van der Waals surface area contributed by atoms with Crippen LogP contribution in [0.4, 0.5) is 4.39 Å². The Kier molecular flexibility index (Phi) is 4.48. The van der Waals surface area contributed by atoms with Crippen molar-refractivity contribution in [2.45, 2.75) is 12.5 Å². The smallest absolute Gasteiger partial charge is 0.123 e. The molecule has 1 aliphatic heterocycles. The highest BCUT2D eigenvalue weighted by atomic mass is 19.1. The largest absolute Gasteiger partial charge is 0.396 e. The normalized spacial score (nSPS) is 19.2. The molecular formula is C13H19FN2O. The molecule has 0 amide bonds. The summed E-state index contributed by atoms with van der Waals surface area (Å²) in [6.45, 7) is 4.06. The lowest BCUT2D eigenvalue weighted by Gasteiger charge is -2.35. The molecule has 0 aromatic heterocycles. The molecule has 2 N–H and O–H groups in total. The molecule has 0 spiro atoms. The zero-order chi connectivity index (χ0) is 12.1. The molecule has 0 unspecified atom stereocenters. The topological polar surface area (TPSA) is 35.5 Å². The molecule has 0 bridgehead atoms. The van der Waals surface area contributed by atoms with Crippen molar-refractivity contribution in [3.05, 3.63) is 35.6 Å². The summed E-state index contributed by atoms with van der Waals surface area (Å²) in [5, 5.41) is 12.5. The van der Waals surface area contributed by atoms with Crippen LogP contribution in [0, 0.1) is 5.82 Å². The van der Waals surface area contributed by atoms with E-state index < -0.39 is 0 Å². The Morgan fingerprint density at radius 1 is 1.24 bits per heavy atom. The van der Waals surface area contributed by atoms with Crippen molar-refractivity contribution >= 4 is 0 Å². The number of aliphatic hydroxyl groups excluding tert-OH is 1. The maximum atomic E-state index is 12.9. The van der Waals surface area contributed by atoms with Crippen molar-refractivity contribution in [3.8, 4) is 0 Å². The molecule has 1 heterocycles. The number of hydrogen-bond donors (Lipinski definition) is 2. The number of nitrogens with one attached hydrogen (secondary N) is 1. The van der Waals surface area contributed by atoms with Crippen LogP contribution < -0.4 is 5.32 Å². The molecule has 0 saturated carbocycles. The quantitative estimate of drug-likeness (QED) is 0.826. The summed E-state index contributed by atoms with van der Waals surface area (Å²) >= 11 is 0. The Morgan fingerprint density at radius 3 is 2.47 bits per heavy atom. The number of benzene rings is 1. The maximum absolute atomic E-state index is 12.9. The fourth-order valence-electron chi connectivity index (χ4n) is 2.36. The molecule has 1 aromatic rings. The first-order chi connectivity index (χ1) is 8.31. The van der Waals surface area contributed by atoms with Crippen LogP contribution in [0.15, 0.2) is 24.3 Å². The van der Waals surface area contributed by atoms with Crippen LogP contribution in [0.25, 0.3) is 0 Å². The average molecular weight is 238 g/mol. The lowest BCUT2D eigenvalue weighted by molar-refractivity contribution is 0.141. The molecule has 2 rings (SSSR count). The van der Waals surface area contributed by atoms with Crippen molar-refractivity contribution in [1.29, 1.82) is 0 Å². The van der Waals surface area contributed by atoms with Gasteiger partial charge in [-0.1, -0.05) is 12.1 Å². The summed E-state index contributed by atoms with van der Waals surface area (Å²) in [6.07, 6.45) is 0.700. The van der Waals surface area contributed by atoms with E-state index in [0.717, 1.165) is 31.7 Å². The predicted octanol–water partition coefficient (Wildman–Crippen LogP) is 1.15. The highest BCUT2D eigenvalue weighted by Crippen LogP contribution is 2.24. The van der Waals surface area contributed by atoms with Crippen LogP contribution in [-0.2, 0) is 0 Å². The Morgan fingerprint density at radius 2 is 1.88 bits per heavy atom. The van der Waals surface area contributed by atoms with Crippen LogP contribution in [0.2, 0.25) is 0 Å². The summed E-state index contributed by atoms with van der Waals surface area (Å²) in [7, 11) is 0. The molecule has 1 atom stereocenters. The fourth-order valence-corrected chi connectivity index (χ4v) is 2.36. The lowest BCUT2D eigenvalue weighted by Crippen LogP contribution is -2.45. The van der Waals surface area contributed by atoms with Crippen molar-refractivity contribution in [3.63, 3.8) is 0 Å². The first kappa shape index (κ1) is 12.5. The van der Waals surface area contributed by atoms with Crippen LogP contribution in [0.3, 0.4) is 0 Å². The Bertz CT molecular complexity index is 336. The first-order valence-corrected chi connectivity index (χ1v) is 6.12. The summed E-state index contributed by atoms with van der Waals surface area (Å²) < 4.78 is 12.9. The summed E-state index contributed by atoms with van der Waals surface area (Å²) in [6, 6.07) is 6.81. The summed E-state index contributed by atoms with van der Waals surface area (Å²) in [5.74, 6) is -0.211. The number of hydrogen-bond acceptors (Lipinski definition) is 3. The minimum atomic E-state index is -0.211. The standard InChI is InChI=1S/C13H19FN2O/c14-12-3-1-11(2-4-12)13(5-10-17)16-8-6-15-7-9-16/h1-4,13,15,17H,5-10H2/t13-/m0/s1. The second kappa shape index (κ2) is 6.10. The monoisotopic (exact) mass is 238 g/mol. The number of halogens is 1. The molecule has 4 heteroatoms. The third-order valence-corrected chi connectivity index (χ3v) is 3.25. The van der Waals surface area contributed by atoms with Gasteiger partial charge in [0.1, 0.15) is 5.82 Å². The van der Waals surface area contributed by atoms with Crippen LogP contribution >= 0.6 is 0 Å². The Hall–Kier alpha value is -0.970. The van der Waals surface area contributed by atoms with Gasteiger partial charge in [-0.3, -0.25) is 4.90 Å². The maximum Gasteiger partial charge on any atom is 0.123 e. The molecule has 94 valence electrons. The molecule has 3 nitrogen and oxygen atoms in total. The summed E-state index contributed by atoms with van der Waals surface area (Å²) in [5.41, 5.74) is 1.09. The van der Waals surface area contributed by atoms with Crippen molar-refractivity contribution in [2.75, 3.05) is 32.8 Å². The van der Waals surface area contributed by atoms with Gasteiger partial charge in [-0.15, -0.1) is 0 Å². The minimum absolute atomic E-state index is 0.159. The number of rotatable bonds is 4. The molecule has 0 aliphatic carbocycles. The van der Waals surface area contributed by atoms with E-state index in [1.54, 1.807) is 0 Å². The van der Waals surface area contributed by atoms with Crippen LogP contribution in [-0.4, -0.2) is 42.8 Å². The third kappa shape index (κ3) is 3.25. The zero-order valence-electron chi connectivity index (χ0n) is 9.90. The van der Waals surface area contributed by atoms with Gasteiger partial charge in [0.2, 0.25) is 0 Å². The lowest BCUT2D eigenvalue weighted by atomic mass is 10.0. The second-order valence-electron chi connectivity index (χ2n) is 4.37. The first-order valence-electron chi connectivity index (χ1n) is 6.12. The van der Waals surface area contributed by atoms with E-state index in [2.05, 4.69) is 10.2 Å². The SMILES string of the molecule is OCC[C@@H](c1ccc(F)cc1)N1CCNCC1. The Balaban J connectivity index is 2.12. The van der Waals surface area contributed by atoms with E-state index in [0.29, 0.717) is 6.42 Å². The second-order valence-corrected chi connectivity index (χ2v) is 4.37. The van der Waals surface area contributed by atoms with Crippen LogP contribution in [0.5, 0.6) is 0 Å². The van der Waals surface area contributed by atoms with Gasteiger partial charge in [-0.2, -0.15) is 0 Å². The Labute approximate surface area is 101 Å². The molecule has 0 radical (unpaired) electrons. The van der Waals surface area contributed by atoms with Crippen molar-refractivity contribution in [2.24, 2.45) is 0 Å². The van der Waals surface area contributed by atoms with Gasteiger partial charge in [0, 0.05) is 38.8 Å². The molecule has 17 heavy (non-hydrogen) atoms. The minimum Gasteiger partial charge on any atom is -0.396 e. The zero-order valence-corrected chi connectivity index (χ0v) is 9.90. The van der Waals surface area contributed by atoms with Crippen molar-refractivity contribution in [1.82, 2.24) is 10.2 Å². The van der Waals surface area contributed by atoms with Gasteiger partial charge < -0.3 is 10.4 Å². The van der Waals surface area contributed by atoms with E-state index >= 15 is 0 Å². The van der Waals surface area contributed by atoms with Gasteiger partial charge in [0.25, 0.3) is 0 Å². The van der Waals surface area contributed by atoms with Gasteiger partial charge in [0.15, 0.2) is 0 Å². The number of aliphatic hydroxyl groups is 1. The van der Waals surface area contributed by atoms with Gasteiger partial charge in [-0.25, -0.2) is 4.39 Å². The van der Waals surface area contributed by atoms with Gasteiger partial charge >= 0.3 is 0 Å². The van der Waals surface area contributed by atoms with Gasteiger partial charge in [-0.05, 0) is 24.1 Å². The van der Waals surface area contributed by atoms with E-state index in [4.69, 9.17) is 5.11 Å². The van der Waals surface area contributed by atoms with Crippen LogP contribution in [0.1, 0.15) is 18.0 Å². The molecule has 1 aromatic carbocycles. The molecule has 1 fully saturated rings. The molecule has 1 saturated heterocycles. The van der Waals surface area contributed by atoms with Crippen molar-refractivity contribution < 1.29 is 9.50 Å². The fraction of sp³-hybridized carbons (Fsp3) is 0.538. The average Bonchev–Trinajstić information content (AvgIpc) is 2.38. The summed E-state index contributed by atoms with van der Waals surface area (Å²) in [4.78, 5) is 2.35. The highest BCUT2D eigenvalue weighted by molar-refractivity contribution is 5.20. The van der Waals surface area contributed by atoms with Gasteiger partial charge in [0.05, 0.1) is 0 Å². The predicted molar refractivity (Wildman–Crippen MR) is 65.3 cm³/mol. The highest BCUT2D eigenvalue weighted by Gasteiger charge is 2.21. The number of nitrogens with zero attached hydrogens (tertiary/aromatic N) is 1. The van der Waals surface area contributed by atoms with E-state index in [-0.39, 0.29) is 18.5 Å². The third-order valence-electron chi connectivity index (χ3n) is 3.25. The molecular weight excluding hydrogens is 219 g/mol. The number of piperazine rings is 1.